The summed E-state index contributed by atoms with van der Waals surface area (Å²) in [7, 11) is 1.64. The predicted octanol–water partition coefficient (Wildman–Crippen LogP) is 4.27. The number of carbonyl (C=O) groups excluding carboxylic acids is 1. The zero-order valence-corrected chi connectivity index (χ0v) is 13.7. The van der Waals surface area contributed by atoms with Gasteiger partial charge in [0.25, 0.3) is 5.91 Å². The van der Waals surface area contributed by atoms with Crippen LogP contribution in [0.3, 0.4) is 0 Å². The average Bonchev–Trinajstić information content (AvgIpc) is 2.47. The normalized spacial score (nSPS) is 16.6. The average molecular weight is 289 g/mol. The molecular formula is C18H27NO2. The molecule has 3 heteroatoms. The molecule has 0 aliphatic heterocycles. The minimum Gasteiger partial charge on any atom is -0.497 e. The minimum absolute atomic E-state index is 0.136. The molecule has 3 nitrogen and oxygen atoms in total. The van der Waals surface area contributed by atoms with E-state index in [1.165, 1.54) is 19.3 Å². The van der Waals surface area contributed by atoms with Crippen LogP contribution in [0.1, 0.15) is 63.2 Å². The molecule has 2 rings (SSSR count). The zero-order chi connectivity index (χ0) is 15.5. The summed E-state index contributed by atoms with van der Waals surface area (Å²) in [5.74, 6) is 0.920. The molecule has 1 amide bonds. The Balaban J connectivity index is 2.24. The second kappa shape index (κ2) is 6.50. The van der Waals surface area contributed by atoms with Crippen LogP contribution in [0.4, 0.5) is 0 Å². The molecule has 21 heavy (non-hydrogen) atoms. The summed E-state index contributed by atoms with van der Waals surface area (Å²) in [6, 6.07) is 7.81. The van der Waals surface area contributed by atoms with Crippen molar-refractivity contribution < 1.29 is 9.53 Å². The lowest BCUT2D eigenvalue weighted by atomic mass is 9.90. The predicted molar refractivity (Wildman–Crippen MR) is 85.8 cm³/mol. The van der Waals surface area contributed by atoms with E-state index in [0.29, 0.717) is 6.04 Å². The molecule has 1 aliphatic carbocycles. The van der Waals surface area contributed by atoms with E-state index in [1.807, 2.05) is 24.3 Å². The first kappa shape index (κ1) is 15.9. The maximum Gasteiger partial charge on any atom is 0.254 e. The molecule has 116 valence electrons. The molecule has 0 bridgehead atoms. The smallest absolute Gasteiger partial charge is 0.254 e. The summed E-state index contributed by atoms with van der Waals surface area (Å²) in [4.78, 5) is 15.1. The molecular weight excluding hydrogens is 262 g/mol. The van der Waals surface area contributed by atoms with E-state index in [2.05, 4.69) is 25.7 Å². The highest BCUT2D eigenvalue weighted by atomic mass is 16.5. The number of ether oxygens (including phenoxy) is 1. The van der Waals surface area contributed by atoms with E-state index in [-0.39, 0.29) is 11.4 Å². The van der Waals surface area contributed by atoms with Gasteiger partial charge >= 0.3 is 0 Å². The molecule has 1 aliphatic rings. The van der Waals surface area contributed by atoms with Crippen LogP contribution < -0.4 is 4.74 Å². The minimum atomic E-state index is -0.154. The van der Waals surface area contributed by atoms with Crippen molar-refractivity contribution in [2.75, 3.05) is 7.11 Å². The Morgan fingerprint density at radius 2 is 1.67 bits per heavy atom. The van der Waals surface area contributed by atoms with Crippen LogP contribution in [-0.2, 0) is 0 Å². The molecule has 0 heterocycles. The molecule has 0 spiro atoms. The third-order valence-electron chi connectivity index (χ3n) is 4.22. The molecule has 1 saturated carbocycles. The summed E-state index contributed by atoms with van der Waals surface area (Å²) < 4.78 is 5.17. The number of rotatable bonds is 3. The van der Waals surface area contributed by atoms with Gasteiger partial charge in [0, 0.05) is 17.1 Å². The van der Waals surface area contributed by atoms with Gasteiger partial charge in [-0.05, 0) is 57.9 Å². The zero-order valence-electron chi connectivity index (χ0n) is 13.7. The van der Waals surface area contributed by atoms with Gasteiger partial charge in [0.1, 0.15) is 5.75 Å². The van der Waals surface area contributed by atoms with E-state index in [0.717, 1.165) is 24.2 Å². The van der Waals surface area contributed by atoms with Crippen LogP contribution in [0.25, 0.3) is 0 Å². The van der Waals surface area contributed by atoms with Gasteiger partial charge in [-0.25, -0.2) is 0 Å². The van der Waals surface area contributed by atoms with E-state index < -0.39 is 0 Å². The van der Waals surface area contributed by atoms with Crippen molar-refractivity contribution in [3.8, 4) is 5.75 Å². The number of amides is 1. The number of hydrogen-bond donors (Lipinski definition) is 0. The molecule has 0 atom stereocenters. The molecule has 1 fully saturated rings. The van der Waals surface area contributed by atoms with Gasteiger partial charge in [0.05, 0.1) is 7.11 Å². The lowest BCUT2D eigenvalue weighted by Gasteiger charge is -2.43. The Hall–Kier alpha value is -1.51. The third kappa shape index (κ3) is 3.78. The quantitative estimate of drug-likeness (QED) is 0.831. The van der Waals surface area contributed by atoms with Gasteiger partial charge in [0.15, 0.2) is 0 Å². The summed E-state index contributed by atoms with van der Waals surface area (Å²) in [6.45, 7) is 6.38. The fraction of sp³-hybridized carbons (Fsp3) is 0.611. The molecule has 0 radical (unpaired) electrons. The van der Waals surface area contributed by atoms with Gasteiger partial charge in [-0.15, -0.1) is 0 Å². The lowest BCUT2D eigenvalue weighted by molar-refractivity contribution is 0.0367. The Labute approximate surface area is 128 Å². The monoisotopic (exact) mass is 289 g/mol. The van der Waals surface area contributed by atoms with Gasteiger partial charge in [-0.3, -0.25) is 4.79 Å². The van der Waals surface area contributed by atoms with Crippen molar-refractivity contribution in [2.24, 2.45) is 0 Å². The fourth-order valence-corrected chi connectivity index (χ4v) is 3.23. The van der Waals surface area contributed by atoms with Crippen LogP contribution in [0.5, 0.6) is 5.75 Å². The summed E-state index contributed by atoms with van der Waals surface area (Å²) in [5, 5.41) is 0. The first-order valence-electron chi connectivity index (χ1n) is 7.91. The first-order valence-corrected chi connectivity index (χ1v) is 7.91. The second-order valence-corrected chi connectivity index (χ2v) is 6.87. The second-order valence-electron chi connectivity index (χ2n) is 6.87. The van der Waals surface area contributed by atoms with Crippen molar-refractivity contribution in [3.63, 3.8) is 0 Å². The Morgan fingerprint density at radius 3 is 2.14 bits per heavy atom. The van der Waals surface area contributed by atoms with Crippen molar-refractivity contribution in [2.45, 2.75) is 64.5 Å². The highest BCUT2D eigenvalue weighted by Gasteiger charge is 2.34. The Bertz CT molecular complexity index is 467. The van der Waals surface area contributed by atoms with Crippen molar-refractivity contribution in [3.05, 3.63) is 29.8 Å². The standard InChI is InChI=1S/C18H27NO2/c1-18(2,3)19(15-8-6-5-7-9-15)17(20)14-10-12-16(21-4)13-11-14/h10-13,15H,5-9H2,1-4H3. The molecule has 0 saturated heterocycles. The van der Waals surface area contributed by atoms with Gasteiger partial charge in [-0.2, -0.15) is 0 Å². The summed E-state index contributed by atoms with van der Waals surface area (Å²) in [5.41, 5.74) is 0.593. The number of methoxy groups -OCH3 is 1. The SMILES string of the molecule is COc1ccc(C(=O)N(C2CCCCC2)C(C)(C)C)cc1. The van der Waals surface area contributed by atoms with Crippen LogP contribution in [0, 0.1) is 0 Å². The lowest BCUT2D eigenvalue weighted by Crippen LogP contribution is -2.52. The highest BCUT2D eigenvalue weighted by molar-refractivity contribution is 5.95. The van der Waals surface area contributed by atoms with E-state index in [4.69, 9.17) is 4.74 Å². The molecule has 0 unspecified atom stereocenters. The van der Waals surface area contributed by atoms with Crippen LogP contribution >= 0.6 is 0 Å². The van der Waals surface area contributed by atoms with Gasteiger partial charge < -0.3 is 9.64 Å². The number of hydrogen-bond acceptors (Lipinski definition) is 2. The van der Waals surface area contributed by atoms with E-state index in [1.54, 1.807) is 7.11 Å². The number of carbonyl (C=O) groups is 1. The molecule has 1 aromatic carbocycles. The maximum absolute atomic E-state index is 13.0. The molecule has 0 aromatic heterocycles. The summed E-state index contributed by atoms with van der Waals surface area (Å²) in [6.07, 6.45) is 6.00. The maximum atomic E-state index is 13.0. The van der Waals surface area contributed by atoms with Crippen LogP contribution in [0.15, 0.2) is 24.3 Å². The first-order chi connectivity index (χ1) is 9.93. The van der Waals surface area contributed by atoms with Crippen molar-refractivity contribution >= 4 is 5.91 Å². The van der Waals surface area contributed by atoms with Crippen LogP contribution in [-0.4, -0.2) is 29.5 Å². The Kier molecular flexibility index (Phi) is 4.92. The number of nitrogens with zero attached hydrogens (tertiary/aromatic N) is 1. The topological polar surface area (TPSA) is 29.5 Å². The largest absolute Gasteiger partial charge is 0.497 e. The van der Waals surface area contributed by atoms with Gasteiger partial charge in [0.2, 0.25) is 0 Å². The van der Waals surface area contributed by atoms with Gasteiger partial charge in [-0.1, -0.05) is 19.3 Å². The Morgan fingerprint density at radius 1 is 1.10 bits per heavy atom. The molecule has 0 N–H and O–H groups in total. The third-order valence-corrected chi connectivity index (χ3v) is 4.22. The molecule has 1 aromatic rings. The van der Waals surface area contributed by atoms with E-state index >= 15 is 0 Å². The van der Waals surface area contributed by atoms with E-state index in [9.17, 15) is 4.79 Å². The number of benzene rings is 1. The van der Waals surface area contributed by atoms with Crippen molar-refractivity contribution in [1.82, 2.24) is 4.90 Å². The highest BCUT2D eigenvalue weighted by Crippen LogP contribution is 2.30. The fourth-order valence-electron chi connectivity index (χ4n) is 3.23. The summed E-state index contributed by atoms with van der Waals surface area (Å²) >= 11 is 0. The van der Waals surface area contributed by atoms with Crippen molar-refractivity contribution in [1.29, 1.82) is 0 Å². The van der Waals surface area contributed by atoms with Crippen LogP contribution in [0.2, 0.25) is 0 Å².